The minimum Gasteiger partial charge on any atom is -0.348 e. The van der Waals surface area contributed by atoms with E-state index in [1.54, 1.807) is 0 Å². The summed E-state index contributed by atoms with van der Waals surface area (Å²) in [7, 11) is 0. The van der Waals surface area contributed by atoms with Gasteiger partial charge in [-0.15, -0.1) is 0 Å². The summed E-state index contributed by atoms with van der Waals surface area (Å²) in [6.07, 6.45) is 2.08. The molecule has 0 aliphatic carbocycles. The number of rotatable bonds is 5. The van der Waals surface area contributed by atoms with Gasteiger partial charge in [-0.2, -0.15) is 0 Å². The van der Waals surface area contributed by atoms with Gasteiger partial charge in [-0.25, -0.2) is 4.98 Å². The largest absolute Gasteiger partial charge is 0.348 e. The predicted octanol–water partition coefficient (Wildman–Crippen LogP) is 3.98. The van der Waals surface area contributed by atoms with E-state index in [0.717, 1.165) is 44.8 Å². The van der Waals surface area contributed by atoms with Crippen LogP contribution in [-0.4, -0.2) is 18.1 Å². The Hall–Kier alpha value is -2.65. The molecular weight excluding hydrogens is 318 g/mol. The van der Waals surface area contributed by atoms with Crippen LogP contribution in [0.3, 0.4) is 0 Å². The number of benzene rings is 2. The zero-order valence-electron chi connectivity index (χ0n) is 15.1. The van der Waals surface area contributed by atoms with Crippen LogP contribution in [0.1, 0.15) is 22.4 Å². The number of fused-ring (bicyclic) bond motifs is 1. The molecule has 3 heteroatoms. The van der Waals surface area contributed by atoms with Crippen LogP contribution in [0.15, 0.2) is 72.8 Å². The molecule has 132 valence electrons. The van der Waals surface area contributed by atoms with Crippen molar-refractivity contribution in [1.82, 2.24) is 10.3 Å². The van der Waals surface area contributed by atoms with Crippen molar-refractivity contribution < 1.29 is 0 Å². The van der Waals surface area contributed by atoms with Crippen LogP contribution in [0.5, 0.6) is 0 Å². The van der Waals surface area contributed by atoms with Gasteiger partial charge in [-0.1, -0.05) is 66.7 Å². The van der Waals surface area contributed by atoms with Crippen molar-refractivity contribution in [3.8, 4) is 0 Å². The van der Waals surface area contributed by atoms with Crippen molar-refractivity contribution in [2.24, 2.45) is 0 Å². The molecule has 0 fully saturated rings. The lowest BCUT2D eigenvalue weighted by molar-refractivity contribution is 0.707. The molecule has 0 unspecified atom stereocenters. The summed E-state index contributed by atoms with van der Waals surface area (Å²) in [5.74, 6) is 1.07. The molecule has 2 heterocycles. The second-order valence-electron chi connectivity index (χ2n) is 6.85. The first kappa shape index (κ1) is 16.8. The molecule has 1 aliphatic rings. The Balaban J connectivity index is 1.64. The van der Waals surface area contributed by atoms with Crippen LogP contribution in [0.25, 0.3) is 0 Å². The molecule has 0 bridgehead atoms. The average molecular weight is 343 g/mol. The van der Waals surface area contributed by atoms with E-state index >= 15 is 0 Å². The summed E-state index contributed by atoms with van der Waals surface area (Å²) in [5, 5.41) is 3.47. The van der Waals surface area contributed by atoms with Gasteiger partial charge in [0.25, 0.3) is 0 Å². The van der Waals surface area contributed by atoms with Gasteiger partial charge in [0, 0.05) is 31.7 Å². The molecule has 1 N–H and O–H groups in total. The smallest absolute Gasteiger partial charge is 0.129 e. The highest BCUT2D eigenvalue weighted by Gasteiger charge is 2.14. The van der Waals surface area contributed by atoms with Crippen LogP contribution < -0.4 is 10.2 Å². The van der Waals surface area contributed by atoms with Crippen molar-refractivity contribution in [2.45, 2.75) is 25.9 Å². The molecule has 0 amide bonds. The SMILES string of the molecule is c1ccc(CN(Cc2ccccc2)c2ccc3c(n2)CCNCC3)cc1. The fraction of sp³-hybridized carbons (Fsp3) is 0.261. The number of nitrogens with one attached hydrogen (secondary N) is 1. The molecule has 0 atom stereocenters. The van der Waals surface area contributed by atoms with E-state index in [9.17, 15) is 0 Å². The fourth-order valence-corrected chi connectivity index (χ4v) is 3.52. The molecule has 0 radical (unpaired) electrons. The normalized spacial score (nSPS) is 13.7. The lowest BCUT2D eigenvalue weighted by Gasteiger charge is -2.25. The van der Waals surface area contributed by atoms with Gasteiger partial charge in [0.2, 0.25) is 0 Å². The lowest BCUT2D eigenvalue weighted by atomic mass is 10.1. The molecule has 0 saturated heterocycles. The summed E-state index contributed by atoms with van der Waals surface area (Å²) in [6, 6.07) is 25.8. The summed E-state index contributed by atoms with van der Waals surface area (Å²) < 4.78 is 0. The van der Waals surface area contributed by atoms with E-state index < -0.39 is 0 Å². The standard InChI is InChI=1S/C23H25N3/c1-3-7-19(8-4-1)17-26(18-20-9-5-2-6-10-20)23-12-11-21-13-15-24-16-14-22(21)25-23/h1-12,24H,13-18H2. The van der Waals surface area contributed by atoms with Gasteiger partial charge in [0.05, 0.1) is 0 Å². The Morgan fingerprint density at radius 1 is 0.731 bits per heavy atom. The molecule has 0 saturated carbocycles. The van der Waals surface area contributed by atoms with E-state index in [-0.39, 0.29) is 0 Å². The number of pyridine rings is 1. The van der Waals surface area contributed by atoms with Gasteiger partial charge in [-0.05, 0) is 35.7 Å². The minimum absolute atomic E-state index is 0.861. The van der Waals surface area contributed by atoms with Crippen molar-refractivity contribution in [3.05, 3.63) is 95.2 Å². The lowest BCUT2D eigenvalue weighted by Crippen LogP contribution is -2.23. The molecule has 0 spiro atoms. The maximum atomic E-state index is 5.05. The van der Waals surface area contributed by atoms with Crippen LogP contribution >= 0.6 is 0 Å². The molecule has 2 aromatic carbocycles. The van der Waals surface area contributed by atoms with Gasteiger partial charge in [-0.3, -0.25) is 0 Å². The second kappa shape index (κ2) is 8.15. The van der Waals surface area contributed by atoms with Gasteiger partial charge in [0.15, 0.2) is 0 Å². The minimum atomic E-state index is 0.861. The van der Waals surface area contributed by atoms with Crippen molar-refractivity contribution in [3.63, 3.8) is 0 Å². The van der Waals surface area contributed by atoms with Gasteiger partial charge >= 0.3 is 0 Å². The van der Waals surface area contributed by atoms with E-state index in [2.05, 4.69) is 83.0 Å². The number of hydrogen-bond donors (Lipinski definition) is 1. The van der Waals surface area contributed by atoms with Crippen molar-refractivity contribution >= 4 is 5.82 Å². The Morgan fingerprint density at radius 2 is 1.35 bits per heavy atom. The van der Waals surface area contributed by atoms with E-state index in [0.29, 0.717) is 0 Å². The quantitative estimate of drug-likeness (QED) is 0.759. The third kappa shape index (κ3) is 4.12. The molecule has 4 rings (SSSR count). The average Bonchev–Trinajstić information content (AvgIpc) is 2.94. The molecule has 3 aromatic rings. The van der Waals surface area contributed by atoms with E-state index in [1.807, 2.05) is 0 Å². The first-order valence-corrected chi connectivity index (χ1v) is 9.41. The number of anilines is 1. The highest BCUT2D eigenvalue weighted by Crippen LogP contribution is 2.21. The molecule has 1 aliphatic heterocycles. The number of aromatic nitrogens is 1. The topological polar surface area (TPSA) is 28.2 Å². The van der Waals surface area contributed by atoms with Crippen molar-refractivity contribution in [1.29, 1.82) is 0 Å². The summed E-state index contributed by atoms with van der Waals surface area (Å²) in [5.41, 5.74) is 5.25. The summed E-state index contributed by atoms with van der Waals surface area (Å²) in [6.45, 7) is 3.78. The summed E-state index contributed by atoms with van der Waals surface area (Å²) >= 11 is 0. The Kier molecular flexibility index (Phi) is 5.27. The monoisotopic (exact) mass is 343 g/mol. The third-order valence-corrected chi connectivity index (χ3v) is 4.92. The Bertz CT molecular complexity index is 789. The summed E-state index contributed by atoms with van der Waals surface area (Å²) in [4.78, 5) is 7.43. The Morgan fingerprint density at radius 3 is 2.00 bits per heavy atom. The molecule has 1 aromatic heterocycles. The van der Waals surface area contributed by atoms with Gasteiger partial charge in [0.1, 0.15) is 5.82 Å². The second-order valence-corrected chi connectivity index (χ2v) is 6.85. The highest BCUT2D eigenvalue weighted by molar-refractivity contribution is 5.44. The highest BCUT2D eigenvalue weighted by atomic mass is 15.2. The fourth-order valence-electron chi connectivity index (χ4n) is 3.52. The van der Waals surface area contributed by atoms with E-state index in [4.69, 9.17) is 4.98 Å². The number of nitrogens with zero attached hydrogens (tertiary/aromatic N) is 2. The van der Waals surface area contributed by atoms with Crippen LogP contribution in [0, 0.1) is 0 Å². The number of hydrogen-bond acceptors (Lipinski definition) is 3. The Labute approximate surface area is 155 Å². The van der Waals surface area contributed by atoms with Crippen LogP contribution in [0.2, 0.25) is 0 Å². The molecule has 26 heavy (non-hydrogen) atoms. The maximum Gasteiger partial charge on any atom is 0.129 e. The molecular formula is C23H25N3. The predicted molar refractivity (Wildman–Crippen MR) is 107 cm³/mol. The third-order valence-electron chi connectivity index (χ3n) is 4.92. The van der Waals surface area contributed by atoms with Gasteiger partial charge < -0.3 is 10.2 Å². The zero-order chi connectivity index (χ0) is 17.6. The maximum absolute atomic E-state index is 5.05. The molecule has 3 nitrogen and oxygen atoms in total. The van der Waals surface area contributed by atoms with Crippen molar-refractivity contribution in [2.75, 3.05) is 18.0 Å². The van der Waals surface area contributed by atoms with Crippen LogP contribution in [-0.2, 0) is 25.9 Å². The zero-order valence-corrected chi connectivity index (χ0v) is 15.1. The first-order valence-electron chi connectivity index (χ1n) is 9.41. The first-order chi connectivity index (χ1) is 12.9. The van der Waals surface area contributed by atoms with Crippen LogP contribution in [0.4, 0.5) is 5.82 Å². The van der Waals surface area contributed by atoms with E-state index in [1.165, 1.54) is 22.4 Å².